The van der Waals surface area contributed by atoms with Crippen molar-refractivity contribution in [3.8, 4) is 11.6 Å². The molecule has 3 heterocycles. The first-order valence-corrected chi connectivity index (χ1v) is 26.0. The van der Waals surface area contributed by atoms with Crippen LogP contribution in [0.2, 0.25) is 0 Å². The fraction of sp³-hybridized carbons (Fsp3) is 0.434. The molecule has 1 aromatic heterocycles. The maximum absolute atomic E-state index is 13.1. The molecule has 2 aliphatic heterocycles. The third-order valence-electron chi connectivity index (χ3n) is 11.3. The molecule has 1 aliphatic carbocycles. The van der Waals surface area contributed by atoms with Crippen LogP contribution in [0.1, 0.15) is 97.1 Å². The number of alkyl halides is 1. The number of carbonyl (C=O) groups is 4. The number of aromatic nitrogens is 1. The van der Waals surface area contributed by atoms with E-state index >= 15 is 0 Å². The molecule has 0 radical (unpaired) electrons. The number of hydrogen-bond donors (Lipinski definition) is 5. The monoisotopic (exact) mass is 1070 g/mol. The third kappa shape index (κ3) is 19.6. The van der Waals surface area contributed by atoms with Gasteiger partial charge in [-0.2, -0.15) is 6.92 Å². The fourth-order valence-corrected chi connectivity index (χ4v) is 9.64. The van der Waals surface area contributed by atoms with E-state index in [1.165, 1.54) is 3.58 Å². The van der Waals surface area contributed by atoms with E-state index in [1.54, 1.807) is 23.2 Å². The summed E-state index contributed by atoms with van der Waals surface area (Å²) in [6, 6.07) is 18.9. The number of nitrogens with two attached hydrogens (primary N) is 1. The van der Waals surface area contributed by atoms with E-state index in [2.05, 4.69) is 59.6 Å². The number of halogens is 1. The van der Waals surface area contributed by atoms with E-state index in [4.69, 9.17) is 19.9 Å². The Hall–Kier alpha value is -4.33. The number of para-hydroxylation sites is 1. The Morgan fingerprint density at radius 2 is 1.73 bits per heavy atom. The van der Waals surface area contributed by atoms with E-state index in [1.807, 2.05) is 95.6 Å². The van der Waals surface area contributed by atoms with E-state index in [0.717, 1.165) is 52.8 Å². The fourth-order valence-electron chi connectivity index (χ4n) is 7.39. The van der Waals surface area contributed by atoms with Crippen LogP contribution in [-0.2, 0) is 25.7 Å². The molecule has 2 fully saturated rings. The van der Waals surface area contributed by atoms with Crippen molar-refractivity contribution in [2.75, 3.05) is 34.5 Å². The van der Waals surface area contributed by atoms with Gasteiger partial charge in [-0.1, -0.05) is 51.1 Å². The predicted molar refractivity (Wildman–Crippen MR) is 266 cm³/mol. The normalized spacial score (nSPS) is 17.1. The molecular weight excluding hydrogens is 1000 g/mol. The summed E-state index contributed by atoms with van der Waals surface area (Å²) in [5, 5.41) is 18.3. The Bertz CT molecular complexity index is 2190. The molecule has 1 saturated carbocycles. The van der Waals surface area contributed by atoms with Gasteiger partial charge in [-0.25, -0.2) is 9.78 Å². The van der Waals surface area contributed by atoms with Crippen LogP contribution in [0, 0.1) is 45.6 Å². The average Bonchev–Trinajstić information content (AvgIpc) is 3.48. The smallest absolute Gasteiger partial charge is 0.511 e. The first kappa shape index (κ1) is 62.8. The SMILES string of the molecule is CCCC[C@H](NC(=O)C1(C(=O)O)CCC1)C(=O)Nc1ccc(COc2ccccc2C2=C[C-]=C(N)NC[I-]2)cc1.[CH2-]CN(C[CH-]C)C(=O)OC(C)(C)C.[CH2-]COc1cc(N2C([CH2-])CCC2[CH2-])ccn1.[Li+].[Li+]. The van der Waals surface area contributed by atoms with Crippen LogP contribution in [0.5, 0.6) is 11.6 Å². The molecule has 0 bridgehead atoms. The second kappa shape index (κ2) is 31.3. The minimum atomic E-state index is -1.42. The zero-order chi connectivity index (χ0) is 50.6. The zero-order valence-electron chi connectivity index (χ0n) is 42.9. The molecule has 15 nitrogen and oxygen atoms in total. The van der Waals surface area contributed by atoms with Crippen LogP contribution >= 0.6 is 0 Å². The molecule has 3 atom stereocenters. The number of carboxylic acid groups (broad SMARTS) is 1. The number of nitrogens with one attached hydrogen (secondary N) is 3. The first-order chi connectivity index (χ1) is 32.9. The minimum Gasteiger partial charge on any atom is -0.511 e. The summed E-state index contributed by atoms with van der Waals surface area (Å²) in [5.41, 5.74) is 7.64. The quantitative estimate of drug-likeness (QED) is 0.0270. The summed E-state index contributed by atoms with van der Waals surface area (Å²) in [6.07, 6.45) is 13.8. The third-order valence-corrected chi connectivity index (χ3v) is 13.8. The molecule has 18 heteroatoms. The average molecular weight is 1070 g/mol. The second-order valence-corrected chi connectivity index (χ2v) is 20.4. The van der Waals surface area contributed by atoms with Crippen LogP contribution in [0.3, 0.4) is 0 Å². The number of nitrogens with zero attached hydrogens (tertiary/aromatic N) is 3. The molecule has 3 aromatic rings. The number of unbranched alkanes of at least 4 members (excludes halogenated alkanes) is 1. The molecule has 0 spiro atoms. The van der Waals surface area contributed by atoms with Gasteiger partial charge in [0.25, 0.3) is 0 Å². The summed E-state index contributed by atoms with van der Waals surface area (Å²) in [5.74, 6) is -0.129. The van der Waals surface area contributed by atoms with Crippen LogP contribution in [0.25, 0.3) is 3.58 Å². The summed E-state index contributed by atoms with van der Waals surface area (Å²) < 4.78 is 18.6. The van der Waals surface area contributed by atoms with Gasteiger partial charge in [-0.05, 0) is 52.7 Å². The van der Waals surface area contributed by atoms with Crippen molar-refractivity contribution >= 4 is 38.8 Å². The Balaban J connectivity index is 0.000000457. The Morgan fingerprint density at radius 3 is 2.31 bits per heavy atom. The number of pyridine rings is 1. The van der Waals surface area contributed by atoms with Crippen molar-refractivity contribution in [2.45, 2.75) is 116 Å². The topological polar surface area (TPSA) is 198 Å². The number of amides is 3. The maximum Gasteiger partial charge on any atom is 1.00 e. The molecule has 6 rings (SSSR count). The van der Waals surface area contributed by atoms with Gasteiger partial charge in [0.05, 0.1) is 0 Å². The molecule has 380 valence electrons. The number of rotatable bonds is 18. The predicted octanol–water partition coefficient (Wildman–Crippen LogP) is -0.682. The van der Waals surface area contributed by atoms with Crippen molar-refractivity contribution in [1.82, 2.24) is 20.5 Å². The van der Waals surface area contributed by atoms with Gasteiger partial charge in [-0.15, -0.1) is 13.1 Å². The largest absolute Gasteiger partial charge is 1.00 e. The summed E-state index contributed by atoms with van der Waals surface area (Å²) in [4.78, 5) is 56.9. The van der Waals surface area contributed by atoms with Crippen molar-refractivity contribution in [3.05, 3.63) is 130 Å². The van der Waals surface area contributed by atoms with Crippen molar-refractivity contribution in [1.29, 1.82) is 0 Å². The number of carbonyl (C=O) groups excluding carboxylic acids is 3. The van der Waals surface area contributed by atoms with Crippen LogP contribution in [0.4, 0.5) is 16.2 Å². The molecule has 1 saturated heterocycles. The number of hydrogen-bond acceptors (Lipinski definition) is 11. The van der Waals surface area contributed by atoms with Gasteiger partial charge >= 0.3 is 213 Å². The molecule has 3 amide bonds. The Kier molecular flexibility index (Phi) is 27.7. The molecule has 3 aliphatic rings. The molecular formula is C53H71ILi2N7O8-5. The van der Waals surface area contributed by atoms with Crippen molar-refractivity contribution in [2.24, 2.45) is 11.1 Å². The van der Waals surface area contributed by atoms with Crippen molar-refractivity contribution in [3.63, 3.8) is 0 Å². The van der Waals surface area contributed by atoms with Gasteiger partial charge in [-0.3, -0.25) is 9.59 Å². The minimum absolute atomic E-state index is 0. The molecule has 2 aromatic carbocycles. The van der Waals surface area contributed by atoms with Gasteiger partial charge in [0.2, 0.25) is 11.8 Å². The van der Waals surface area contributed by atoms with Gasteiger partial charge in [0.1, 0.15) is 11.0 Å². The molecule has 71 heavy (non-hydrogen) atoms. The second-order valence-electron chi connectivity index (χ2n) is 17.7. The van der Waals surface area contributed by atoms with Crippen LogP contribution < -0.4 is 95.0 Å². The van der Waals surface area contributed by atoms with Gasteiger partial charge in [0.15, 0.2) is 0 Å². The zero-order valence-corrected chi connectivity index (χ0v) is 45.0. The summed E-state index contributed by atoms with van der Waals surface area (Å²) in [6.45, 7) is 26.8. The van der Waals surface area contributed by atoms with Crippen LogP contribution in [-0.4, -0.2) is 86.8 Å². The number of anilines is 2. The number of allylic oxidation sites excluding steroid dienone is 2. The molecule has 2 unspecified atom stereocenters. The number of benzene rings is 2. The summed E-state index contributed by atoms with van der Waals surface area (Å²) >= 11 is -0.294. The first-order valence-electron chi connectivity index (χ1n) is 23.4. The maximum atomic E-state index is 13.1. The Morgan fingerprint density at radius 1 is 1.06 bits per heavy atom. The molecule has 6 N–H and O–H groups in total. The van der Waals surface area contributed by atoms with E-state index in [-0.39, 0.29) is 83.0 Å². The Labute approximate surface area is 457 Å². The number of ether oxygens (including phenoxy) is 3. The van der Waals surface area contributed by atoms with Crippen molar-refractivity contribution < 1.29 is 97.4 Å². The summed E-state index contributed by atoms with van der Waals surface area (Å²) in [7, 11) is 0. The van der Waals surface area contributed by atoms with Gasteiger partial charge < -0.3 is 63.8 Å². The van der Waals surface area contributed by atoms with E-state index in [9.17, 15) is 24.3 Å². The number of carboxylic acids is 1. The van der Waals surface area contributed by atoms with Gasteiger partial charge in [0, 0.05) is 18.0 Å². The number of aliphatic carboxylic acids is 1. The van der Waals surface area contributed by atoms with E-state index in [0.29, 0.717) is 69.4 Å². The standard InChI is InChI=1S/C30H35IN4O5.C13H17N2O.C10H19NO2.2Li/c1-2-3-8-24(35-28(37)30(29(38)39)16-6-17-30)27(36)34-21-12-10-20(11-13-21)18-40-25-9-5-4-7-22(25)23-14-15-26(32)33-19-31-23;1-4-16-13-9-12(7-8-14-13)15-10(2)5-6-11(15)3;1-6-8-11(7-2)9(12)13-10(3,4)5;;/h4-5,7,9-14,24,33H,2-3,6,8,16-19,32H2,1H3,(H,34,36)(H,35,37)(H,38,39);7-11H,1-6H2;6H,2,7-8H2,1,3-5H3;;/q-2;-3;-2;2*+1/t24-;;;;/m0..../s1. The van der Waals surface area contributed by atoms with E-state index < -0.39 is 28.9 Å². The van der Waals surface area contributed by atoms with Crippen LogP contribution in [0.15, 0.2) is 78.8 Å².